The Morgan fingerprint density at radius 1 is 1.00 bits per heavy atom. The third-order valence-corrected chi connectivity index (χ3v) is 4.96. The van der Waals surface area contributed by atoms with Crippen LogP contribution >= 0.6 is 0 Å². The first-order valence-corrected chi connectivity index (χ1v) is 10.3. The summed E-state index contributed by atoms with van der Waals surface area (Å²) in [6, 6.07) is 17.3. The van der Waals surface area contributed by atoms with Gasteiger partial charge in [-0.3, -0.25) is 0 Å². The molecule has 29 heavy (non-hydrogen) atoms. The normalized spacial score (nSPS) is 11.5. The Balaban J connectivity index is 2.04. The molecule has 0 spiro atoms. The van der Waals surface area contributed by atoms with Gasteiger partial charge < -0.3 is 10.2 Å². The van der Waals surface area contributed by atoms with Gasteiger partial charge in [0.25, 0.3) is 0 Å². The molecule has 152 valence electrons. The van der Waals surface area contributed by atoms with E-state index in [-0.39, 0.29) is 0 Å². The average molecular weight is 387 g/mol. The van der Waals surface area contributed by atoms with Crippen molar-refractivity contribution in [1.82, 2.24) is 5.32 Å². The Bertz CT molecular complexity index is 868. The summed E-state index contributed by atoms with van der Waals surface area (Å²) in [7, 11) is 2.14. The minimum atomic E-state index is 0.715. The van der Waals surface area contributed by atoms with Crippen LogP contribution in [0.2, 0.25) is 0 Å². The zero-order chi connectivity index (χ0) is 21.2. The SMILES string of the molecule is C=C(C)/C(=C\C=C/C)CNC(=C)c1ccc(-c2ccc(N(C)CCC)cc2)cc1. The largest absolute Gasteiger partial charge is 0.381 e. The van der Waals surface area contributed by atoms with Crippen molar-refractivity contribution in [3.63, 3.8) is 0 Å². The van der Waals surface area contributed by atoms with Crippen molar-refractivity contribution in [2.75, 3.05) is 25.0 Å². The highest BCUT2D eigenvalue weighted by Gasteiger charge is 2.04. The molecule has 0 aliphatic carbocycles. The van der Waals surface area contributed by atoms with Gasteiger partial charge in [-0.1, -0.05) is 80.3 Å². The van der Waals surface area contributed by atoms with E-state index in [1.165, 1.54) is 22.4 Å². The molecule has 2 aromatic carbocycles. The number of benzene rings is 2. The third kappa shape index (κ3) is 6.53. The van der Waals surface area contributed by atoms with Crippen LogP contribution in [0.3, 0.4) is 0 Å². The van der Waals surface area contributed by atoms with Gasteiger partial charge in [-0.15, -0.1) is 0 Å². The highest BCUT2D eigenvalue weighted by atomic mass is 15.1. The lowest BCUT2D eigenvalue weighted by molar-refractivity contribution is 0.852. The fourth-order valence-electron chi connectivity index (χ4n) is 3.11. The van der Waals surface area contributed by atoms with Crippen LogP contribution in [0.1, 0.15) is 32.8 Å². The lowest BCUT2D eigenvalue weighted by atomic mass is 10.0. The van der Waals surface area contributed by atoms with Crippen LogP contribution in [0.15, 0.2) is 91.1 Å². The highest BCUT2D eigenvalue weighted by Crippen LogP contribution is 2.24. The van der Waals surface area contributed by atoms with Gasteiger partial charge in [-0.2, -0.15) is 0 Å². The Labute approximate surface area is 177 Å². The number of allylic oxidation sites excluding steroid dienone is 3. The zero-order valence-electron chi connectivity index (χ0n) is 18.3. The number of nitrogens with zero attached hydrogens (tertiary/aromatic N) is 1. The van der Waals surface area contributed by atoms with Crippen LogP contribution in [0, 0.1) is 0 Å². The highest BCUT2D eigenvalue weighted by molar-refractivity contribution is 5.70. The first-order valence-electron chi connectivity index (χ1n) is 10.3. The van der Waals surface area contributed by atoms with Crippen molar-refractivity contribution in [1.29, 1.82) is 0 Å². The second-order valence-corrected chi connectivity index (χ2v) is 7.38. The summed E-state index contributed by atoms with van der Waals surface area (Å²) >= 11 is 0. The number of rotatable bonds is 10. The topological polar surface area (TPSA) is 15.3 Å². The van der Waals surface area contributed by atoms with E-state index in [1.807, 2.05) is 26.0 Å². The smallest absolute Gasteiger partial charge is 0.0403 e. The molecular weight excluding hydrogens is 352 g/mol. The fraction of sp³-hybridized carbons (Fsp3) is 0.259. The minimum Gasteiger partial charge on any atom is -0.381 e. The van der Waals surface area contributed by atoms with Crippen molar-refractivity contribution >= 4 is 11.4 Å². The molecule has 0 aliphatic rings. The summed E-state index contributed by atoms with van der Waals surface area (Å²) in [4.78, 5) is 2.28. The minimum absolute atomic E-state index is 0.715. The predicted molar refractivity (Wildman–Crippen MR) is 130 cm³/mol. The molecule has 2 nitrogen and oxygen atoms in total. The molecule has 2 rings (SSSR count). The second kappa shape index (κ2) is 11.1. The van der Waals surface area contributed by atoms with Crippen LogP contribution < -0.4 is 10.2 Å². The lowest BCUT2D eigenvalue weighted by Crippen LogP contribution is -2.17. The first-order chi connectivity index (χ1) is 14.0. The maximum absolute atomic E-state index is 4.20. The van der Waals surface area contributed by atoms with E-state index in [0.717, 1.165) is 29.8 Å². The van der Waals surface area contributed by atoms with Crippen molar-refractivity contribution in [3.05, 3.63) is 96.6 Å². The molecule has 0 aromatic heterocycles. The summed E-state index contributed by atoms with van der Waals surface area (Å²) in [5.74, 6) is 0. The van der Waals surface area contributed by atoms with E-state index in [1.54, 1.807) is 0 Å². The van der Waals surface area contributed by atoms with Crippen molar-refractivity contribution in [3.8, 4) is 11.1 Å². The summed E-state index contributed by atoms with van der Waals surface area (Å²) in [5, 5.41) is 3.42. The van der Waals surface area contributed by atoms with Crippen molar-refractivity contribution in [2.45, 2.75) is 27.2 Å². The summed E-state index contributed by atoms with van der Waals surface area (Å²) < 4.78 is 0. The molecular formula is C27H34N2. The molecule has 0 atom stereocenters. The van der Waals surface area contributed by atoms with E-state index in [4.69, 9.17) is 0 Å². The summed E-state index contributed by atoms with van der Waals surface area (Å²) in [5.41, 5.74) is 7.94. The fourth-order valence-corrected chi connectivity index (χ4v) is 3.11. The zero-order valence-corrected chi connectivity index (χ0v) is 18.3. The number of anilines is 1. The van der Waals surface area contributed by atoms with E-state index < -0.39 is 0 Å². The van der Waals surface area contributed by atoms with Gasteiger partial charge in [0, 0.05) is 31.5 Å². The molecule has 0 saturated carbocycles. The molecule has 2 heteroatoms. The van der Waals surface area contributed by atoms with Crippen LogP contribution in [-0.2, 0) is 0 Å². The molecule has 0 bridgehead atoms. The lowest BCUT2D eigenvalue weighted by Gasteiger charge is -2.18. The molecule has 0 radical (unpaired) electrons. The van der Waals surface area contributed by atoms with Gasteiger partial charge in [0.05, 0.1) is 0 Å². The molecule has 0 saturated heterocycles. The van der Waals surface area contributed by atoms with Gasteiger partial charge >= 0.3 is 0 Å². The summed E-state index contributed by atoms with van der Waals surface area (Å²) in [6.07, 6.45) is 7.29. The molecule has 0 amide bonds. The number of nitrogens with one attached hydrogen (secondary N) is 1. The van der Waals surface area contributed by atoms with E-state index in [9.17, 15) is 0 Å². The Morgan fingerprint density at radius 2 is 1.59 bits per heavy atom. The maximum Gasteiger partial charge on any atom is 0.0403 e. The van der Waals surface area contributed by atoms with Crippen LogP contribution in [0.4, 0.5) is 5.69 Å². The van der Waals surface area contributed by atoms with Crippen LogP contribution in [0.25, 0.3) is 16.8 Å². The van der Waals surface area contributed by atoms with Gasteiger partial charge in [0.2, 0.25) is 0 Å². The molecule has 0 unspecified atom stereocenters. The second-order valence-electron chi connectivity index (χ2n) is 7.38. The van der Waals surface area contributed by atoms with Gasteiger partial charge in [-0.25, -0.2) is 0 Å². The molecule has 1 N–H and O–H groups in total. The monoisotopic (exact) mass is 386 g/mol. The van der Waals surface area contributed by atoms with Crippen LogP contribution in [0.5, 0.6) is 0 Å². The number of hydrogen-bond donors (Lipinski definition) is 1. The van der Waals surface area contributed by atoms with Gasteiger partial charge in [0.1, 0.15) is 0 Å². The van der Waals surface area contributed by atoms with Gasteiger partial charge in [-0.05, 0) is 54.7 Å². The summed E-state index contributed by atoms with van der Waals surface area (Å²) in [6.45, 7) is 16.3. The van der Waals surface area contributed by atoms with Crippen LogP contribution in [-0.4, -0.2) is 20.1 Å². The maximum atomic E-state index is 4.20. The van der Waals surface area contributed by atoms with E-state index >= 15 is 0 Å². The number of hydrogen-bond acceptors (Lipinski definition) is 2. The molecule has 0 fully saturated rings. The van der Waals surface area contributed by atoms with Crippen molar-refractivity contribution < 1.29 is 0 Å². The Kier molecular flexibility index (Phi) is 8.54. The first kappa shape index (κ1) is 22.3. The van der Waals surface area contributed by atoms with E-state index in [2.05, 4.69) is 92.0 Å². The third-order valence-electron chi connectivity index (χ3n) is 4.96. The Hall–Kier alpha value is -3.00. The Morgan fingerprint density at radius 3 is 2.10 bits per heavy atom. The average Bonchev–Trinajstić information content (AvgIpc) is 2.73. The van der Waals surface area contributed by atoms with Crippen molar-refractivity contribution in [2.24, 2.45) is 0 Å². The molecule has 0 aliphatic heterocycles. The standard InChI is InChI=1S/C27H34N2/c1-7-9-10-26(21(3)4)20-28-22(5)23-11-13-24(14-12-23)25-15-17-27(18-16-25)29(6)19-8-2/h7,9-18,28H,3,5,8,19-20H2,1-2,4,6H3/b9-7-,26-10-. The molecule has 0 heterocycles. The van der Waals surface area contributed by atoms with E-state index in [0.29, 0.717) is 6.54 Å². The molecule has 2 aromatic rings. The predicted octanol–water partition coefficient (Wildman–Crippen LogP) is 6.84. The quantitative estimate of drug-likeness (QED) is 0.450. The van der Waals surface area contributed by atoms with Gasteiger partial charge in [0.15, 0.2) is 0 Å².